The second-order valence-corrected chi connectivity index (χ2v) is 7.05. The van der Waals surface area contributed by atoms with Gasteiger partial charge >= 0.3 is 0 Å². The second kappa shape index (κ2) is 9.52. The predicted molar refractivity (Wildman–Crippen MR) is 112 cm³/mol. The van der Waals surface area contributed by atoms with Crippen molar-refractivity contribution in [1.29, 1.82) is 0 Å². The molecule has 0 saturated carbocycles. The number of nitrogens with zero attached hydrogens (tertiary/aromatic N) is 1. The number of hydrogen-bond donors (Lipinski definition) is 1. The Morgan fingerprint density at radius 1 is 1.14 bits per heavy atom. The van der Waals surface area contributed by atoms with E-state index < -0.39 is 0 Å². The highest BCUT2D eigenvalue weighted by molar-refractivity contribution is 9.10. The minimum atomic E-state index is -0.251. The Bertz CT molecular complexity index is 874. The number of hydrogen-bond acceptors (Lipinski definition) is 4. The first-order valence-electron chi connectivity index (χ1n) is 8.86. The molecule has 0 unspecified atom stereocenters. The second-order valence-electron chi connectivity index (χ2n) is 6.20. The van der Waals surface area contributed by atoms with Gasteiger partial charge in [0, 0.05) is 30.4 Å². The molecular formula is C21H21BrN2O4. The summed E-state index contributed by atoms with van der Waals surface area (Å²) >= 11 is 3.42. The standard InChI is InChI=1S/C21H21BrN2O4/c1-27-19-8-2-15(14-18(19)22)3-9-20(25)23-17-6-4-16(5-7-17)21(26)24-10-12-28-13-11-24/h2-9,14H,10-13H2,1H3,(H,23,25). The fourth-order valence-corrected chi connectivity index (χ4v) is 3.35. The van der Waals surface area contributed by atoms with Crippen LogP contribution in [0.2, 0.25) is 0 Å². The number of benzene rings is 2. The third kappa shape index (κ3) is 5.21. The summed E-state index contributed by atoms with van der Waals surface area (Å²) in [6, 6.07) is 12.4. The molecule has 0 atom stereocenters. The number of carbonyl (C=O) groups excluding carboxylic acids is 2. The Hall–Kier alpha value is -2.64. The molecule has 28 heavy (non-hydrogen) atoms. The fraction of sp³-hybridized carbons (Fsp3) is 0.238. The van der Waals surface area contributed by atoms with Crippen LogP contribution in [-0.2, 0) is 9.53 Å². The number of anilines is 1. The summed E-state index contributed by atoms with van der Waals surface area (Å²) in [6.07, 6.45) is 3.18. The Kier molecular flexibility index (Phi) is 6.84. The van der Waals surface area contributed by atoms with Gasteiger partial charge in [-0.25, -0.2) is 0 Å². The summed E-state index contributed by atoms with van der Waals surface area (Å²) in [5.41, 5.74) is 2.09. The molecule has 6 nitrogen and oxygen atoms in total. The van der Waals surface area contributed by atoms with E-state index in [1.165, 1.54) is 6.08 Å². The topological polar surface area (TPSA) is 67.9 Å². The van der Waals surface area contributed by atoms with E-state index in [2.05, 4.69) is 21.2 Å². The molecule has 2 amide bonds. The van der Waals surface area contributed by atoms with Crippen LogP contribution in [0.4, 0.5) is 5.69 Å². The molecule has 0 spiro atoms. The molecule has 1 saturated heterocycles. The minimum absolute atomic E-state index is 0.0221. The van der Waals surface area contributed by atoms with Gasteiger partial charge in [-0.15, -0.1) is 0 Å². The first-order valence-corrected chi connectivity index (χ1v) is 9.66. The quantitative estimate of drug-likeness (QED) is 0.715. The average molecular weight is 445 g/mol. The number of nitrogens with one attached hydrogen (secondary N) is 1. The number of methoxy groups -OCH3 is 1. The van der Waals surface area contributed by atoms with Crippen molar-refractivity contribution < 1.29 is 19.1 Å². The maximum absolute atomic E-state index is 12.4. The fourth-order valence-electron chi connectivity index (χ4n) is 2.79. The molecule has 1 heterocycles. The molecule has 3 rings (SSSR count). The van der Waals surface area contributed by atoms with E-state index in [4.69, 9.17) is 9.47 Å². The summed E-state index contributed by atoms with van der Waals surface area (Å²) in [6.45, 7) is 2.33. The van der Waals surface area contributed by atoms with Gasteiger partial charge in [0.15, 0.2) is 0 Å². The number of halogens is 1. The molecule has 1 N–H and O–H groups in total. The lowest BCUT2D eigenvalue weighted by Gasteiger charge is -2.26. The lowest BCUT2D eigenvalue weighted by molar-refractivity contribution is -0.111. The summed E-state index contributed by atoms with van der Waals surface area (Å²) < 4.78 is 11.3. The van der Waals surface area contributed by atoms with Crippen LogP contribution in [-0.4, -0.2) is 50.1 Å². The van der Waals surface area contributed by atoms with E-state index in [1.54, 1.807) is 42.4 Å². The predicted octanol–water partition coefficient (Wildman–Crippen LogP) is 3.58. The summed E-state index contributed by atoms with van der Waals surface area (Å²) in [5.74, 6) is 0.457. The van der Waals surface area contributed by atoms with Gasteiger partial charge in [0.2, 0.25) is 5.91 Å². The number of amides is 2. The van der Waals surface area contributed by atoms with E-state index >= 15 is 0 Å². The van der Waals surface area contributed by atoms with Gasteiger partial charge in [-0.05, 0) is 64.0 Å². The Morgan fingerprint density at radius 2 is 1.86 bits per heavy atom. The van der Waals surface area contributed by atoms with Gasteiger partial charge < -0.3 is 19.7 Å². The van der Waals surface area contributed by atoms with Crippen LogP contribution < -0.4 is 10.1 Å². The Morgan fingerprint density at radius 3 is 2.50 bits per heavy atom. The van der Waals surface area contributed by atoms with Crippen molar-refractivity contribution in [1.82, 2.24) is 4.90 Å². The summed E-state index contributed by atoms with van der Waals surface area (Å²) in [5, 5.41) is 2.79. The molecule has 0 radical (unpaired) electrons. The van der Waals surface area contributed by atoms with E-state index in [0.29, 0.717) is 37.6 Å². The molecule has 0 bridgehead atoms. The first-order chi connectivity index (χ1) is 13.6. The van der Waals surface area contributed by atoms with Gasteiger partial charge in [0.05, 0.1) is 24.8 Å². The molecule has 146 valence electrons. The van der Waals surface area contributed by atoms with Crippen molar-refractivity contribution in [2.45, 2.75) is 0 Å². The third-order valence-electron chi connectivity index (χ3n) is 4.30. The maximum Gasteiger partial charge on any atom is 0.254 e. The molecule has 2 aromatic rings. The van der Waals surface area contributed by atoms with Crippen molar-refractivity contribution >= 4 is 39.5 Å². The minimum Gasteiger partial charge on any atom is -0.496 e. The van der Waals surface area contributed by atoms with Gasteiger partial charge in [-0.2, -0.15) is 0 Å². The van der Waals surface area contributed by atoms with Crippen LogP contribution in [0, 0.1) is 0 Å². The van der Waals surface area contributed by atoms with Gasteiger partial charge in [0.1, 0.15) is 5.75 Å². The van der Waals surface area contributed by atoms with Gasteiger partial charge in [-0.3, -0.25) is 9.59 Å². The molecule has 1 fully saturated rings. The van der Waals surface area contributed by atoms with Crippen LogP contribution in [0.1, 0.15) is 15.9 Å². The molecule has 0 aliphatic carbocycles. The lowest BCUT2D eigenvalue weighted by atomic mass is 10.1. The summed E-state index contributed by atoms with van der Waals surface area (Å²) in [7, 11) is 1.60. The zero-order valence-electron chi connectivity index (χ0n) is 15.5. The first kappa shape index (κ1) is 20.1. The van der Waals surface area contributed by atoms with Gasteiger partial charge in [-0.1, -0.05) is 6.07 Å². The highest BCUT2D eigenvalue weighted by Crippen LogP contribution is 2.26. The average Bonchev–Trinajstić information content (AvgIpc) is 2.73. The van der Waals surface area contributed by atoms with Crippen molar-refractivity contribution in [2.75, 3.05) is 38.7 Å². The normalized spacial score (nSPS) is 14.1. The molecule has 7 heteroatoms. The van der Waals surface area contributed by atoms with Gasteiger partial charge in [0.25, 0.3) is 5.91 Å². The summed E-state index contributed by atoms with van der Waals surface area (Å²) in [4.78, 5) is 26.3. The lowest BCUT2D eigenvalue weighted by Crippen LogP contribution is -2.40. The third-order valence-corrected chi connectivity index (χ3v) is 4.92. The Labute approximate surface area is 172 Å². The van der Waals surface area contributed by atoms with Crippen molar-refractivity contribution in [3.05, 3.63) is 64.1 Å². The van der Waals surface area contributed by atoms with Crippen molar-refractivity contribution in [3.8, 4) is 5.75 Å². The zero-order chi connectivity index (χ0) is 19.9. The van der Waals surface area contributed by atoms with Crippen LogP contribution in [0.25, 0.3) is 6.08 Å². The Balaban J connectivity index is 1.58. The van der Waals surface area contributed by atoms with Crippen LogP contribution >= 0.6 is 15.9 Å². The van der Waals surface area contributed by atoms with Crippen molar-refractivity contribution in [3.63, 3.8) is 0 Å². The molecule has 0 aromatic heterocycles. The monoisotopic (exact) mass is 444 g/mol. The number of ether oxygens (including phenoxy) is 2. The number of rotatable bonds is 5. The number of morpholine rings is 1. The molecule has 2 aromatic carbocycles. The van der Waals surface area contributed by atoms with E-state index in [1.807, 2.05) is 18.2 Å². The molecular weight excluding hydrogens is 424 g/mol. The SMILES string of the molecule is COc1ccc(C=CC(=O)Nc2ccc(C(=O)N3CCOCC3)cc2)cc1Br. The highest BCUT2D eigenvalue weighted by atomic mass is 79.9. The van der Waals surface area contributed by atoms with E-state index in [9.17, 15) is 9.59 Å². The van der Waals surface area contributed by atoms with Crippen LogP contribution in [0.5, 0.6) is 5.75 Å². The maximum atomic E-state index is 12.4. The van der Waals surface area contributed by atoms with Crippen LogP contribution in [0.15, 0.2) is 53.0 Å². The molecule has 1 aliphatic heterocycles. The highest BCUT2D eigenvalue weighted by Gasteiger charge is 2.18. The zero-order valence-corrected chi connectivity index (χ0v) is 17.1. The van der Waals surface area contributed by atoms with E-state index in [0.717, 1.165) is 15.8 Å². The van der Waals surface area contributed by atoms with Crippen molar-refractivity contribution in [2.24, 2.45) is 0 Å². The smallest absolute Gasteiger partial charge is 0.254 e. The largest absolute Gasteiger partial charge is 0.496 e. The van der Waals surface area contributed by atoms with Crippen LogP contribution in [0.3, 0.4) is 0 Å². The van der Waals surface area contributed by atoms with E-state index in [-0.39, 0.29) is 11.8 Å². The molecule has 1 aliphatic rings. The number of carbonyl (C=O) groups is 2.